The summed E-state index contributed by atoms with van der Waals surface area (Å²) in [5.41, 5.74) is 0.880. The number of rotatable bonds is 7. The SMILES string of the molecule is CC1CN(CCNC(=O)c2cccc(S(=O)(=O)N(C)c3ccccc3)c2)CCO1. The van der Waals surface area contributed by atoms with Crippen molar-refractivity contribution in [2.24, 2.45) is 0 Å². The van der Waals surface area contributed by atoms with E-state index in [4.69, 9.17) is 4.74 Å². The summed E-state index contributed by atoms with van der Waals surface area (Å²) in [5.74, 6) is -0.286. The van der Waals surface area contributed by atoms with Gasteiger partial charge in [-0.15, -0.1) is 0 Å². The number of carbonyl (C=O) groups excluding carboxylic acids is 1. The van der Waals surface area contributed by atoms with E-state index in [1.54, 1.807) is 36.4 Å². The van der Waals surface area contributed by atoms with Gasteiger partial charge in [-0.3, -0.25) is 14.0 Å². The fourth-order valence-corrected chi connectivity index (χ4v) is 4.50. The van der Waals surface area contributed by atoms with Gasteiger partial charge in [-0.1, -0.05) is 24.3 Å². The molecular formula is C21H27N3O4S. The molecule has 0 bridgehead atoms. The Morgan fingerprint density at radius 1 is 1.21 bits per heavy atom. The maximum Gasteiger partial charge on any atom is 0.264 e. The van der Waals surface area contributed by atoms with Gasteiger partial charge in [0.25, 0.3) is 15.9 Å². The van der Waals surface area contributed by atoms with Gasteiger partial charge in [-0.2, -0.15) is 0 Å². The first-order valence-electron chi connectivity index (χ1n) is 9.64. The number of benzene rings is 2. The lowest BCUT2D eigenvalue weighted by Gasteiger charge is -2.30. The van der Waals surface area contributed by atoms with Crippen LogP contribution in [0, 0.1) is 0 Å². The number of sulfonamides is 1. The topological polar surface area (TPSA) is 79.0 Å². The Balaban J connectivity index is 1.64. The van der Waals surface area contributed by atoms with E-state index >= 15 is 0 Å². The van der Waals surface area contributed by atoms with Crippen LogP contribution in [0.1, 0.15) is 17.3 Å². The number of hydrogen-bond donors (Lipinski definition) is 1. The molecule has 2 aromatic carbocycles. The second-order valence-electron chi connectivity index (χ2n) is 7.07. The highest BCUT2D eigenvalue weighted by Crippen LogP contribution is 2.22. The van der Waals surface area contributed by atoms with Crippen LogP contribution >= 0.6 is 0 Å². The summed E-state index contributed by atoms with van der Waals surface area (Å²) in [4.78, 5) is 14.8. The number of carbonyl (C=O) groups is 1. The predicted octanol–water partition coefficient (Wildman–Crippen LogP) is 1.96. The van der Waals surface area contributed by atoms with E-state index < -0.39 is 10.0 Å². The maximum absolute atomic E-state index is 12.9. The third kappa shape index (κ3) is 5.35. The zero-order valence-corrected chi connectivity index (χ0v) is 17.6. The van der Waals surface area contributed by atoms with Crippen molar-refractivity contribution < 1.29 is 17.9 Å². The van der Waals surface area contributed by atoms with Crippen molar-refractivity contribution in [3.8, 4) is 0 Å². The van der Waals surface area contributed by atoms with Crippen LogP contribution in [0.4, 0.5) is 5.69 Å². The lowest BCUT2D eigenvalue weighted by atomic mass is 10.2. The van der Waals surface area contributed by atoms with Crippen LogP contribution in [0.3, 0.4) is 0 Å². The number of anilines is 1. The van der Waals surface area contributed by atoms with Crippen molar-refractivity contribution in [1.29, 1.82) is 0 Å². The van der Waals surface area contributed by atoms with Gasteiger partial charge in [0.2, 0.25) is 0 Å². The largest absolute Gasteiger partial charge is 0.376 e. The minimum Gasteiger partial charge on any atom is -0.376 e. The van der Waals surface area contributed by atoms with Crippen molar-refractivity contribution in [1.82, 2.24) is 10.2 Å². The summed E-state index contributed by atoms with van der Waals surface area (Å²) < 4.78 is 32.6. The molecule has 7 nitrogen and oxygen atoms in total. The van der Waals surface area contributed by atoms with Crippen molar-refractivity contribution >= 4 is 21.6 Å². The molecule has 0 aromatic heterocycles. The molecule has 1 heterocycles. The normalized spacial score (nSPS) is 17.7. The number of para-hydroxylation sites is 1. The highest BCUT2D eigenvalue weighted by atomic mass is 32.2. The molecule has 1 saturated heterocycles. The minimum absolute atomic E-state index is 0.0820. The molecule has 0 aliphatic carbocycles. The van der Waals surface area contributed by atoms with Crippen molar-refractivity contribution in [2.75, 3.05) is 44.1 Å². The molecule has 1 amide bonds. The molecule has 156 valence electrons. The molecule has 1 aliphatic rings. The molecule has 0 radical (unpaired) electrons. The van der Waals surface area contributed by atoms with Gasteiger partial charge in [0, 0.05) is 38.8 Å². The Kier molecular flexibility index (Phi) is 6.89. The van der Waals surface area contributed by atoms with E-state index in [2.05, 4.69) is 10.2 Å². The average Bonchev–Trinajstić information content (AvgIpc) is 2.74. The number of morpholine rings is 1. The Morgan fingerprint density at radius 2 is 1.97 bits per heavy atom. The van der Waals surface area contributed by atoms with Crippen LogP contribution in [-0.2, 0) is 14.8 Å². The second-order valence-corrected chi connectivity index (χ2v) is 9.04. The van der Waals surface area contributed by atoms with Crippen LogP contribution in [0.25, 0.3) is 0 Å². The van der Waals surface area contributed by atoms with E-state index in [1.165, 1.54) is 23.5 Å². The standard InChI is InChI=1S/C21H27N3O4S/c1-17-16-24(13-14-28-17)12-11-22-21(25)18-7-6-10-20(15-18)29(26,27)23(2)19-8-4-3-5-9-19/h3-10,15,17H,11-14,16H2,1-2H3,(H,22,25). The van der Waals surface area contributed by atoms with E-state index in [1.807, 2.05) is 13.0 Å². The number of nitrogens with zero attached hydrogens (tertiary/aromatic N) is 2. The van der Waals surface area contributed by atoms with Crippen molar-refractivity contribution in [3.05, 3.63) is 60.2 Å². The molecule has 8 heteroatoms. The Bertz CT molecular complexity index is 934. The highest BCUT2D eigenvalue weighted by molar-refractivity contribution is 7.92. The van der Waals surface area contributed by atoms with Gasteiger partial charge in [-0.25, -0.2) is 8.42 Å². The summed E-state index contributed by atoms with van der Waals surface area (Å²) >= 11 is 0. The molecular weight excluding hydrogens is 390 g/mol. The number of nitrogens with one attached hydrogen (secondary N) is 1. The van der Waals surface area contributed by atoms with Gasteiger partial charge < -0.3 is 10.1 Å². The number of amides is 1. The van der Waals surface area contributed by atoms with Crippen LogP contribution in [-0.4, -0.2) is 65.2 Å². The van der Waals surface area contributed by atoms with E-state index in [0.29, 0.717) is 24.4 Å². The third-order valence-electron chi connectivity index (χ3n) is 4.91. The molecule has 3 rings (SSSR count). The molecule has 1 unspecified atom stereocenters. The smallest absolute Gasteiger partial charge is 0.264 e. The molecule has 1 N–H and O–H groups in total. The van der Waals surface area contributed by atoms with Crippen LogP contribution < -0.4 is 9.62 Å². The summed E-state index contributed by atoms with van der Waals surface area (Å²) in [6.45, 7) is 5.64. The number of hydrogen-bond acceptors (Lipinski definition) is 5. The summed E-state index contributed by atoms with van der Waals surface area (Å²) in [7, 11) is -2.26. The van der Waals surface area contributed by atoms with Gasteiger partial charge in [0.15, 0.2) is 0 Å². The highest BCUT2D eigenvalue weighted by Gasteiger charge is 2.22. The van der Waals surface area contributed by atoms with Crippen LogP contribution in [0.2, 0.25) is 0 Å². The second kappa shape index (κ2) is 9.39. The fourth-order valence-electron chi connectivity index (χ4n) is 3.26. The molecule has 0 saturated carbocycles. The Labute approximate surface area is 172 Å². The Hall–Kier alpha value is -2.42. The Morgan fingerprint density at radius 3 is 2.69 bits per heavy atom. The van der Waals surface area contributed by atoms with E-state index in [0.717, 1.165) is 19.6 Å². The van der Waals surface area contributed by atoms with E-state index in [-0.39, 0.29) is 16.9 Å². The van der Waals surface area contributed by atoms with Gasteiger partial charge in [0.05, 0.1) is 23.3 Å². The maximum atomic E-state index is 12.9. The molecule has 2 aromatic rings. The van der Waals surface area contributed by atoms with E-state index in [9.17, 15) is 13.2 Å². The molecule has 29 heavy (non-hydrogen) atoms. The average molecular weight is 418 g/mol. The minimum atomic E-state index is -3.76. The van der Waals surface area contributed by atoms with Gasteiger partial charge >= 0.3 is 0 Å². The molecule has 1 atom stereocenters. The molecule has 1 fully saturated rings. The van der Waals surface area contributed by atoms with Crippen LogP contribution in [0.15, 0.2) is 59.5 Å². The first kappa shape index (κ1) is 21.3. The quantitative estimate of drug-likeness (QED) is 0.745. The predicted molar refractivity (Wildman–Crippen MR) is 113 cm³/mol. The first-order valence-corrected chi connectivity index (χ1v) is 11.1. The fraction of sp³-hybridized carbons (Fsp3) is 0.381. The zero-order chi connectivity index (χ0) is 20.9. The molecule has 0 spiro atoms. The lowest BCUT2D eigenvalue weighted by molar-refractivity contribution is -0.0175. The molecule has 1 aliphatic heterocycles. The number of ether oxygens (including phenoxy) is 1. The van der Waals surface area contributed by atoms with Crippen molar-refractivity contribution in [3.63, 3.8) is 0 Å². The third-order valence-corrected chi connectivity index (χ3v) is 6.69. The lowest BCUT2D eigenvalue weighted by Crippen LogP contribution is -2.44. The first-order chi connectivity index (χ1) is 13.9. The zero-order valence-electron chi connectivity index (χ0n) is 16.7. The summed E-state index contributed by atoms with van der Waals surface area (Å²) in [6, 6.07) is 15.0. The van der Waals surface area contributed by atoms with Gasteiger partial charge in [0.1, 0.15) is 0 Å². The monoisotopic (exact) mass is 417 g/mol. The van der Waals surface area contributed by atoms with Gasteiger partial charge in [-0.05, 0) is 37.3 Å². The summed E-state index contributed by atoms with van der Waals surface area (Å²) in [6.07, 6.45) is 0.197. The van der Waals surface area contributed by atoms with Crippen LogP contribution in [0.5, 0.6) is 0 Å². The van der Waals surface area contributed by atoms with Crippen molar-refractivity contribution in [2.45, 2.75) is 17.9 Å². The summed E-state index contributed by atoms with van der Waals surface area (Å²) in [5, 5.41) is 2.87.